The Balaban J connectivity index is 2.23. The Labute approximate surface area is 114 Å². The fourth-order valence-electron chi connectivity index (χ4n) is 1.67. The molecular formula is C14H13F3N2O. The van der Waals surface area contributed by atoms with Crippen molar-refractivity contribution in [3.05, 3.63) is 42.6 Å². The lowest BCUT2D eigenvalue weighted by molar-refractivity contribution is -0.126. The first-order valence-electron chi connectivity index (χ1n) is 5.83. The molecule has 0 aliphatic carbocycles. The van der Waals surface area contributed by atoms with E-state index in [0.717, 1.165) is 23.9 Å². The maximum absolute atomic E-state index is 12.5. The van der Waals surface area contributed by atoms with Crippen LogP contribution in [0.2, 0.25) is 0 Å². The standard InChI is InChI=1S/C14H13F3N2O/c1-19(14(15,16)17)13-8-5-11(9-18-13)10-3-6-12(20-2)7-4-10/h3-9H,1-2H3. The molecule has 0 amide bonds. The number of hydrogen-bond acceptors (Lipinski definition) is 3. The Morgan fingerprint density at radius 3 is 2.05 bits per heavy atom. The van der Waals surface area contributed by atoms with Crippen molar-refractivity contribution in [2.45, 2.75) is 6.30 Å². The van der Waals surface area contributed by atoms with E-state index in [-0.39, 0.29) is 10.7 Å². The van der Waals surface area contributed by atoms with Gasteiger partial charge in [0, 0.05) is 18.8 Å². The largest absolute Gasteiger partial charge is 0.497 e. The summed E-state index contributed by atoms with van der Waals surface area (Å²) in [5.74, 6) is 0.574. The van der Waals surface area contributed by atoms with Gasteiger partial charge >= 0.3 is 6.30 Å². The second kappa shape index (κ2) is 5.40. The smallest absolute Gasteiger partial charge is 0.485 e. The highest BCUT2D eigenvalue weighted by molar-refractivity contribution is 5.64. The third-order valence-electron chi connectivity index (χ3n) is 2.90. The van der Waals surface area contributed by atoms with Gasteiger partial charge in [-0.05, 0) is 29.8 Å². The summed E-state index contributed by atoms with van der Waals surface area (Å²) in [6, 6.07) is 10.2. The van der Waals surface area contributed by atoms with Crippen LogP contribution in [0.5, 0.6) is 5.75 Å². The minimum absolute atomic E-state index is 0.144. The van der Waals surface area contributed by atoms with Crippen LogP contribution in [0.1, 0.15) is 0 Å². The molecule has 2 aromatic rings. The highest BCUT2D eigenvalue weighted by Crippen LogP contribution is 2.27. The molecule has 0 saturated heterocycles. The van der Waals surface area contributed by atoms with E-state index in [0.29, 0.717) is 0 Å². The van der Waals surface area contributed by atoms with Gasteiger partial charge in [0.25, 0.3) is 0 Å². The van der Waals surface area contributed by atoms with Gasteiger partial charge in [-0.25, -0.2) is 4.98 Å². The van der Waals surface area contributed by atoms with Crippen LogP contribution in [0.4, 0.5) is 19.0 Å². The van der Waals surface area contributed by atoms with Crippen LogP contribution in [-0.4, -0.2) is 25.4 Å². The molecule has 106 valence electrons. The number of ether oxygens (including phenoxy) is 1. The van der Waals surface area contributed by atoms with Crippen molar-refractivity contribution in [1.29, 1.82) is 0 Å². The van der Waals surface area contributed by atoms with Crippen molar-refractivity contribution < 1.29 is 17.9 Å². The molecule has 0 spiro atoms. The lowest BCUT2D eigenvalue weighted by atomic mass is 10.1. The van der Waals surface area contributed by atoms with E-state index in [1.165, 1.54) is 12.3 Å². The molecule has 0 N–H and O–H groups in total. The highest BCUT2D eigenvalue weighted by atomic mass is 19.4. The lowest BCUT2D eigenvalue weighted by Gasteiger charge is -2.20. The average Bonchev–Trinajstić information content (AvgIpc) is 2.46. The number of aromatic nitrogens is 1. The zero-order chi connectivity index (χ0) is 14.8. The number of anilines is 1. The lowest BCUT2D eigenvalue weighted by Crippen LogP contribution is -2.34. The summed E-state index contributed by atoms with van der Waals surface area (Å²) in [5, 5.41) is 0. The summed E-state index contributed by atoms with van der Waals surface area (Å²) in [5.41, 5.74) is 1.60. The van der Waals surface area contributed by atoms with Crippen molar-refractivity contribution in [2.75, 3.05) is 19.1 Å². The first-order chi connectivity index (χ1) is 9.41. The van der Waals surface area contributed by atoms with Gasteiger partial charge in [-0.2, -0.15) is 13.2 Å². The van der Waals surface area contributed by atoms with E-state index >= 15 is 0 Å². The number of benzene rings is 1. The second-order valence-corrected chi connectivity index (χ2v) is 4.16. The number of rotatable bonds is 3. The average molecular weight is 282 g/mol. The maximum Gasteiger partial charge on any atom is 0.485 e. The zero-order valence-electron chi connectivity index (χ0n) is 11.0. The van der Waals surface area contributed by atoms with Gasteiger partial charge in [-0.1, -0.05) is 12.1 Å². The number of alkyl halides is 3. The minimum atomic E-state index is -4.44. The molecule has 1 heterocycles. The second-order valence-electron chi connectivity index (χ2n) is 4.16. The van der Waals surface area contributed by atoms with Gasteiger partial charge in [0.15, 0.2) is 0 Å². The van der Waals surface area contributed by atoms with Gasteiger partial charge in [-0.3, -0.25) is 4.90 Å². The summed E-state index contributed by atoms with van der Waals surface area (Å²) in [4.78, 5) is 4.01. The first kappa shape index (κ1) is 14.2. The zero-order valence-corrected chi connectivity index (χ0v) is 11.0. The molecule has 2 rings (SSSR count). The predicted octanol–water partition coefficient (Wildman–Crippen LogP) is 3.71. The van der Waals surface area contributed by atoms with Crippen molar-refractivity contribution >= 4 is 5.82 Å². The van der Waals surface area contributed by atoms with Gasteiger partial charge in [0.2, 0.25) is 0 Å². The summed E-state index contributed by atoms with van der Waals surface area (Å²) < 4.78 is 42.6. The molecule has 6 heteroatoms. The molecule has 0 fully saturated rings. The molecule has 0 aliphatic rings. The fourth-order valence-corrected chi connectivity index (χ4v) is 1.67. The molecule has 0 radical (unpaired) electrons. The molecule has 3 nitrogen and oxygen atoms in total. The van der Waals surface area contributed by atoms with Gasteiger partial charge in [0.1, 0.15) is 11.6 Å². The van der Waals surface area contributed by atoms with Crippen LogP contribution in [0.3, 0.4) is 0 Å². The van der Waals surface area contributed by atoms with Gasteiger partial charge in [-0.15, -0.1) is 0 Å². The summed E-state index contributed by atoms with van der Waals surface area (Å²) >= 11 is 0. The summed E-state index contributed by atoms with van der Waals surface area (Å²) in [6.07, 6.45) is -3.02. The van der Waals surface area contributed by atoms with Crippen molar-refractivity contribution in [3.63, 3.8) is 0 Å². The predicted molar refractivity (Wildman–Crippen MR) is 70.7 cm³/mol. The molecule has 0 bridgehead atoms. The Bertz CT molecular complexity index is 564. The number of hydrogen-bond donors (Lipinski definition) is 0. The fraction of sp³-hybridized carbons (Fsp3) is 0.214. The third kappa shape index (κ3) is 3.01. The number of halogens is 3. The minimum Gasteiger partial charge on any atom is -0.497 e. The maximum atomic E-state index is 12.5. The molecule has 0 aliphatic heterocycles. The monoisotopic (exact) mass is 282 g/mol. The molecule has 20 heavy (non-hydrogen) atoms. The van der Waals surface area contributed by atoms with E-state index in [4.69, 9.17) is 4.74 Å². The summed E-state index contributed by atoms with van der Waals surface area (Å²) in [7, 11) is 2.51. The van der Waals surface area contributed by atoms with Crippen molar-refractivity contribution in [3.8, 4) is 16.9 Å². The topological polar surface area (TPSA) is 25.4 Å². The van der Waals surface area contributed by atoms with Crippen LogP contribution in [0.15, 0.2) is 42.6 Å². The Morgan fingerprint density at radius 1 is 1.00 bits per heavy atom. The van der Waals surface area contributed by atoms with E-state index in [9.17, 15) is 13.2 Å². The quantitative estimate of drug-likeness (QED) is 0.802. The van der Waals surface area contributed by atoms with Gasteiger partial charge in [0.05, 0.1) is 7.11 Å². The van der Waals surface area contributed by atoms with E-state index in [1.54, 1.807) is 25.3 Å². The van der Waals surface area contributed by atoms with Crippen LogP contribution in [0, 0.1) is 0 Å². The first-order valence-corrected chi connectivity index (χ1v) is 5.83. The van der Waals surface area contributed by atoms with E-state index in [2.05, 4.69) is 4.98 Å². The van der Waals surface area contributed by atoms with Gasteiger partial charge < -0.3 is 4.74 Å². The highest BCUT2D eigenvalue weighted by Gasteiger charge is 2.35. The molecule has 1 aromatic heterocycles. The molecule has 1 aromatic carbocycles. The van der Waals surface area contributed by atoms with E-state index < -0.39 is 6.30 Å². The number of methoxy groups -OCH3 is 1. The summed E-state index contributed by atoms with van der Waals surface area (Å²) in [6.45, 7) is 0. The van der Waals surface area contributed by atoms with Crippen LogP contribution in [0.25, 0.3) is 11.1 Å². The van der Waals surface area contributed by atoms with E-state index in [1.807, 2.05) is 12.1 Å². The van der Waals surface area contributed by atoms with Crippen molar-refractivity contribution in [1.82, 2.24) is 4.98 Å². The van der Waals surface area contributed by atoms with Crippen LogP contribution >= 0.6 is 0 Å². The SMILES string of the molecule is COc1ccc(-c2ccc(N(C)C(F)(F)F)nc2)cc1. The Kier molecular flexibility index (Phi) is 3.83. The number of pyridine rings is 1. The molecule has 0 saturated carbocycles. The molecule has 0 unspecified atom stereocenters. The third-order valence-corrected chi connectivity index (χ3v) is 2.90. The normalized spacial score (nSPS) is 11.2. The Hall–Kier alpha value is -2.24. The van der Waals surface area contributed by atoms with Crippen LogP contribution < -0.4 is 9.64 Å². The Morgan fingerprint density at radius 2 is 1.60 bits per heavy atom. The number of nitrogens with zero attached hydrogens (tertiary/aromatic N) is 2. The molecule has 0 atom stereocenters. The van der Waals surface area contributed by atoms with Crippen LogP contribution in [-0.2, 0) is 0 Å². The molecular weight excluding hydrogens is 269 g/mol. The van der Waals surface area contributed by atoms with Crippen molar-refractivity contribution in [2.24, 2.45) is 0 Å².